The van der Waals surface area contributed by atoms with Gasteiger partial charge >= 0.3 is 0 Å². The summed E-state index contributed by atoms with van der Waals surface area (Å²) in [6, 6.07) is 4.47. The summed E-state index contributed by atoms with van der Waals surface area (Å²) in [5.41, 5.74) is 6.60. The first-order valence-electron chi connectivity index (χ1n) is 9.15. The first kappa shape index (κ1) is 20.0. The largest absolute Gasteiger partial charge is 0.390 e. The average molecular weight is 437 g/mol. The van der Waals surface area contributed by atoms with Crippen LogP contribution in [0.15, 0.2) is 35.6 Å². The Balaban J connectivity index is 1.67. The normalized spacial score (nSPS) is 22.8. The zero-order valence-corrected chi connectivity index (χ0v) is 17.3. The van der Waals surface area contributed by atoms with Crippen LogP contribution in [0.4, 0.5) is 5.82 Å². The number of imidazole rings is 1. The van der Waals surface area contributed by atoms with Crippen LogP contribution < -0.4 is 10.5 Å². The standard InChI is InChI=1S/C18H21ClN6O3S/c1-18(26)6-4-12(5-7-18)24-29(27,28)15-8-11(2-3-13(15)19)14-9-21-17-16(20)22-10-23-25(14)17/h2-3,8-10,12,24,26H,4-7H2,1H3,(H2,20,22,23)/t12-,18+. The van der Waals surface area contributed by atoms with Gasteiger partial charge in [-0.1, -0.05) is 17.7 Å². The molecule has 0 amide bonds. The van der Waals surface area contributed by atoms with E-state index in [9.17, 15) is 13.5 Å². The van der Waals surface area contributed by atoms with Crippen molar-refractivity contribution in [3.05, 3.63) is 35.7 Å². The van der Waals surface area contributed by atoms with Gasteiger partial charge in [0.1, 0.15) is 11.2 Å². The van der Waals surface area contributed by atoms with Crippen LogP contribution in [0.25, 0.3) is 16.9 Å². The number of hydrogen-bond donors (Lipinski definition) is 3. The maximum atomic E-state index is 13.0. The van der Waals surface area contributed by atoms with Gasteiger partial charge in [-0.15, -0.1) is 0 Å². The molecule has 11 heteroatoms. The van der Waals surface area contributed by atoms with Crippen LogP contribution in [-0.4, -0.2) is 44.7 Å². The molecule has 0 atom stereocenters. The van der Waals surface area contributed by atoms with Crippen LogP contribution in [0, 0.1) is 0 Å². The lowest BCUT2D eigenvalue weighted by atomic mass is 9.84. The van der Waals surface area contributed by atoms with E-state index < -0.39 is 15.6 Å². The highest BCUT2D eigenvalue weighted by Gasteiger charge is 2.31. The third-order valence-corrected chi connectivity index (χ3v) is 7.23. The van der Waals surface area contributed by atoms with Gasteiger partial charge in [0.05, 0.1) is 22.5 Å². The monoisotopic (exact) mass is 436 g/mol. The molecule has 0 radical (unpaired) electrons. The fourth-order valence-electron chi connectivity index (χ4n) is 3.54. The van der Waals surface area contributed by atoms with E-state index in [0.29, 0.717) is 42.6 Å². The Labute approximate surface area is 173 Å². The van der Waals surface area contributed by atoms with Gasteiger partial charge in [-0.2, -0.15) is 5.10 Å². The first-order valence-corrected chi connectivity index (χ1v) is 11.0. The smallest absolute Gasteiger partial charge is 0.242 e. The van der Waals surface area contributed by atoms with Crippen LogP contribution >= 0.6 is 11.6 Å². The number of aliphatic hydroxyl groups is 1. The van der Waals surface area contributed by atoms with Crippen LogP contribution in [0.5, 0.6) is 0 Å². The van der Waals surface area contributed by atoms with Gasteiger partial charge in [0, 0.05) is 11.6 Å². The number of anilines is 1. The molecule has 0 aliphatic heterocycles. The summed E-state index contributed by atoms with van der Waals surface area (Å²) in [5.74, 6) is 0.225. The van der Waals surface area contributed by atoms with Gasteiger partial charge < -0.3 is 10.8 Å². The van der Waals surface area contributed by atoms with Crippen molar-refractivity contribution in [3.8, 4) is 11.3 Å². The molecule has 1 aliphatic carbocycles. The lowest BCUT2D eigenvalue weighted by molar-refractivity contribution is 0.0163. The minimum absolute atomic E-state index is 0.0222. The lowest BCUT2D eigenvalue weighted by Gasteiger charge is -2.33. The SMILES string of the molecule is C[C@]1(O)CC[C@@H](NS(=O)(=O)c2cc(-c3cnc4c(N)ncnn34)ccc2Cl)CC1. The number of nitrogens with two attached hydrogens (primary N) is 1. The van der Waals surface area contributed by atoms with Crippen LogP contribution in [0.1, 0.15) is 32.6 Å². The van der Waals surface area contributed by atoms with Crippen molar-refractivity contribution in [2.45, 2.75) is 49.1 Å². The number of sulfonamides is 1. The highest BCUT2D eigenvalue weighted by Crippen LogP contribution is 2.31. The zero-order chi connectivity index (χ0) is 20.8. The second-order valence-electron chi connectivity index (χ2n) is 7.56. The van der Waals surface area contributed by atoms with E-state index >= 15 is 0 Å². The second kappa shape index (κ2) is 7.21. The van der Waals surface area contributed by atoms with Gasteiger partial charge in [0.15, 0.2) is 11.5 Å². The Morgan fingerprint density at radius 2 is 2.03 bits per heavy atom. The molecule has 1 aliphatic rings. The summed E-state index contributed by atoms with van der Waals surface area (Å²) in [6.07, 6.45) is 5.06. The van der Waals surface area contributed by atoms with E-state index in [-0.39, 0.29) is 21.8 Å². The Hall–Kier alpha value is -2.27. The molecule has 0 unspecified atom stereocenters. The predicted molar refractivity (Wildman–Crippen MR) is 109 cm³/mol. The van der Waals surface area contributed by atoms with Crippen LogP contribution in [-0.2, 0) is 10.0 Å². The van der Waals surface area contributed by atoms with E-state index in [1.54, 1.807) is 19.2 Å². The Kier molecular flexibility index (Phi) is 4.97. The molecule has 29 heavy (non-hydrogen) atoms. The van der Waals surface area contributed by atoms with Crippen LogP contribution in [0.3, 0.4) is 0 Å². The molecule has 0 saturated heterocycles. The molecule has 2 heterocycles. The summed E-state index contributed by atoms with van der Waals surface area (Å²) in [6.45, 7) is 1.77. The van der Waals surface area contributed by atoms with Crippen molar-refractivity contribution < 1.29 is 13.5 Å². The Morgan fingerprint density at radius 3 is 2.76 bits per heavy atom. The van der Waals surface area contributed by atoms with Crippen molar-refractivity contribution >= 4 is 33.1 Å². The zero-order valence-electron chi connectivity index (χ0n) is 15.7. The minimum Gasteiger partial charge on any atom is -0.390 e. The molecular weight excluding hydrogens is 416 g/mol. The summed E-state index contributed by atoms with van der Waals surface area (Å²) >= 11 is 6.22. The fraction of sp³-hybridized carbons (Fsp3) is 0.389. The molecule has 3 aromatic rings. The van der Waals surface area contributed by atoms with Crippen molar-refractivity contribution in [1.29, 1.82) is 0 Å². The number of hydrogen-bond acceptors (Lipinski definition) is 7. The summed E-state index contributed by atoms with van der Waals surface area (Å²) in [4.78, 5) is 8.08. The number of nitrogens with zero attached hydrogens (tertiary/aromatic N) is 4. The summed E-state index contributed by atoms with van der Waals surface area (Å²) in [7, 11) is -3.85. The molecule has 0 spiro atoms. The number of fused-ring (bicyclic) bond motifs is 1. The first-order chi connectivity index (χ1) is 13.7. The molecule has 2 aromatic heterocycles. The van der Waals surface area contributed by atoms with E-state index in [4.69, 9.17) is 17.3 Å². The number of nitrogen functional groups attached to an aromatic ring is 1. The number of rotatable bonds is 4. The molecule has 4 rings (SSSR count). The van der Waals surface area contributed by atoms with E-state index in [1.807, 2.05) is 0 Å². The molecular formula is C18H21ClN6O3S. The Morgan fingerprint density at radius 1 is 1.31 bits per heavy atom. The van der Waals surface area contributed by atoms with Crippen molar-refractivity contribution in [1.82, 2.24) is 24.3 Å². The van der Waals surface area contributed by atoms with E-state index in [2.05, 4.69) is 19.8 Å². The maximum Gasteiger partial charge on any atom is 0.242 e. The van der Waals surface area contributed by atoms with Gasteiger partial charge in [0.2, 0.25) is 10.0 Å². The topological polar surface area (TPSA) is 136 Å². The quantitative estimate of drug-likeness (QED) is 0.569. The maximum absolute atomic E-state index is 13.0. The third-order valence-electron chi connectivity index (χ3n) is 5.23. The van der Waals surface area contributed by atoms with Gasteiger partial charge in [0.25, 0.3) is 0 Å². The Bertz CT molecular complexity index is 1170. The highest BCUT2D eigenvalue weighted by atomic mass is 35.5. The number of aromatic nitrogens is 4. The molecule has 4 N–H and O–H groups in total. The molecule has 1 aromatic carbocycles. The third kappa shape index (κ3) is 3.93. The van der Waals surface area contributed by atoms with Crippen molar-refractivity contribution in [2.75, 3.05) is 5.73 Å². The van der Waals surface area contributed by atoms with Crippen molar-refractivity contribution in [2.24, 2.45) is 0 Å². The number of halogens is 1. The number of nitrogens with one attached hydrogen (secondary N) is 1. The van der Waals surface area contributed by atoms with E-state index in [0.717, 1.165) is 0 Å². The lowest BCUT2D eigenvalue weighted by Crippen LogP contribution is -2.42. The molecule has 0 bridgehead atoms. The van der Waals surface area contributed by atoms with Crippen molar-refractivity contribution in [3.63, 3.8) is 0 Å². The van der Waals surface area contributed by atoms with E-state index in [1.165, 1.54) is 23.0 Å². The predicted octanol–water partition coefficient (Wildman–Crippen LogP) is 2.00. The molecule has 154 valence electrons. The number of benzene rings is 1. The fourth-order valence-corrected chi connectivity index (χ4v) is 5.37. The summed E-state index contributed by atoms with van der Waals surface area (Å²) < 4.78 is 30.2. The van der Waals surface area contributed by atoms with Gasteiger partial charge in [-0.05, 0) is 44.7 Å². The molecule has 1 fully saturated rings. The van der Waals surface area contributed by atoms with Gasteiger partial charge in [-0.3, -0.25) is 0 Å². The molecule has 9 nitrogen and oxygen atoms in total. The second-order valence-corrected chi connectivity index (χ2v) is 9.65. The van der Waals surface area contributed by atoms with Crippen LogP contribution in [0.2, 0.25) is 5.02 Å². The molecule has 1 saturated carbocycles. The minimum atomic E-state index is -3.85. The summed E-state index contributed by atoms with van der Waals surface area (Å²) in [5, 5.41) is 14.3. The average Bonchev–Trinajstić information content (AvgIpc) is 3.09. The highest BCUT2D eigenvalue weighted by molar-refractivity contribution is 7.89. The van der Waals surface area contributed by atoms with Gasteiger partial charge in [-0.25, -0.2) is 27.6 Å².